The lowest BCUT2D eigenvalue weighted by Gasteiger charge is -2.16. The number of aromatic nitrogens is 1. The van der Waals surface area contributed by atoms with E-state index >= 15 is 0 Å². The Kier molecular flexibility index (Phi) is 4.05. The molecule has 1 N–H and O–H groups in total. The second kappa shape index (κ2) is 5.97. The summed E-state index contributed by atoms with van der Waals surface area (Å²) in [6.07, 6.45) is 6.79. The van der Waals surface area contributed by atoms with Gasteiger partial charge in [-0.15, -0.1) is 0 Å². The molecule has 0 spiro atoms. The monoisotopic (exact) mass is 307 g/mol. The van der Waals surface area contributed by atoms with E-state index < -0.39 is 10.2 Å². The van der Waals surface area contributed by atoms with Gasteiger partial charge in [0.05, 0.1) is 6.26 Å². The molecular weight excluding hydrogens is 290 g/mol. The first-order chi connectivity index (χ1) is 10.1. The van der Waals surface area contributed by atoms with Crippen LogP contribution in [0.25, 0.3) is 11.3 Å². The second-order valence-corrected chi connectivity index (χ2v) is 6.75. The molecule has 0 aliphatic carbocycles. The Hall–Kier alpha value is -1.70. The third kappa shape index (κ3) is 3.31. The zero-order valence-electron chi connectivity index (χ0n) is 11.5. The molecule has 7 heteroatoms. The number of hydrogen-bond donors (Lipinski definition) is 1. The van der Waals surface area contributed by atoms with Gasteiger partial charge in [0, 0.05) is 37.6 Å². The molecule has 21 heavy (non-hydrogen) atoms. The zero-order valence-corrected chi connectivity index (χ0v) is 12.3. The van der Waals surface area contributed by atoms with E-state index in [1.54, 1.807) is 24.7 Å². The highest BCUT2D eigenvalue weighted by atomic mass is 32.2. The van der Waals surface area contributed by atoms with Gasteiger partial charge in [0.25, 0.3) is 10.2 Å². The van der Waals surface area contributed by atoms with Crippen LogP contribution in [-0.2, 0) is 16.8 Å². The van der Waals surface area contributed by atoms with Crippen molar-refractivity contribution in [1.82, 2.24) is 14.0 Å². The smallest absolute Gasteiger partial charge is 0.279 e. The molecule has 3 rings (SSSR count). The van der Waals surface area contributed by atoms with Crippen molar-refractivity contribution in [2.75, 3.05) is 13.1 Å². The summed E-state index contributed by atoms with van der Waals surface area (Å²) < 4.78 is 33.6. The van der Waals surface area contributed by atoms with Crippen molar-refractivity contribution in [3.05, 3.63) is 42.4 Å². The molecule has 0 saturated carbocycles. The molecule has 0 atom stereocenters. The minimum atomic E-state index is -3.39. The lowest BCUT2D eigenvalue weighted by molar-refractivity contribution is 0.464. The predicted octanol–water partition coefficient (Wildman–Crippen LogP) is 1.77. The zero-order chi connectivity index (χ0) is 14.7. The van der Waals surface area contributed by atoms with Crippen molar-refractivity contribution >= 4 is 10.2 Å². The maximum absolute atomic E-state index is 12.1. The summed E-state index contributed by atoms with van der Waals surface area (Å²) in [5.74, 6) is 0.715. The molecule has 112 valence electrons. The Balaban J connectivity index is 1.69. The van der Waals surface area contributed by atoms with Gasteiger partial charge < -0.3 is 4.42 Å². The van der Waals surface area contributed by atoms with Crippen LogP contribution in [0.5, 0.6) is 0 Å². The van der Waals surface area contributed by atoms with Gasteiger partial charge in [0.15, 0.2) is 0 Å². The number of furan rings is 1. The fourth-order valence-electron chi connectivity index (χ4n) is 2.36. The molecule has 1 aliphatic rings. The number of nitrogens with one attached hydrogen (secondary N) is 1. The summed E-state index contributed by atoms with van der Waals surface area (Å²) in [6.45, 7) is 1.42. The van der Waals surface area contributed by atoms with E-state index in [1.807, 2.05) is 12.1 Å². The highest BCUT2D eigenvalue weighted by Crippen LogP contribution is 2.20. The Morgan fingerprint density at radius 1 is 1.29 bits per heavy atom. The van der Waals surface area contributed by atoms with Crippen molar-refractivity contribution in [3.63, 3.8) is 0 Å². The quantitative estimate of drug-likeness (QED) is 0.913. The highest BCUT2D eigenvalue weighted by Gasteiger charge is 2.24. The summed E-state index contributed by atoms with van der Waals surface area (Å²) >= 11 is 0. The first kappa shape index (κ1) is 14.2. The topological polar surface area (TPSA) is 75.4 Å². The van der Waals surface area contributed by atoms with Crippen LogP contribution in [0.2, 0.25) is 0 Å². The Morgan fingerprint density at radius 2 is 2.10 bits per heavy atom. The first-order valence-corrected chi connectivity index (χ1v) is 8.32. The summed E-state index contributed by atoms with van der Waals surface area (Å²) in [6, 6.07) is 5.52. The van der Waals surface area contributed by atoms with Crippen LogP contribution in [0.1, 0.15) is 18.4 Å². The average Bonchev–Trinajstić information content (AvgIpc) is 3.18. The molecule has 0 aromatic carbocycles. The Labute approximate surface area is 124 Å². The first-order valence-electron chi connectivity index (χ1n) is 6.88. The average molecular weight is 307 g/mol. The number of nitrogens with zero attached hydrogens (tertiary/aromatic N) is 2. The fraction of sp³-hybridized carbons (Fsp3) is 0.357. The SMILES string of the molecule is O=S(=O)(NCc1cncc(-c2ccco2)c1)N1CCCC1. The molecule has 0 amide bonds. The van der Waals surface area contributed by atoms with Gasteiger partial charge >= 0.3 is 0 Å². The molecule has 2 aromatic rings. The third-order valence-electron chi connectivity index (χ3n) is 3.46. The van der Waals surface area contributed by atoms with Crippen LogP contribution >= 0.6 is 0 Å². The van der Waals surface area contributed by atoms with E-state index in [0.717, 1.165) is 24.0 Å². The van der Waals surface area contributed by atoms with Crippen LogP contribution < -0.4 is 4.72 Å². The van der Waals surface area contributed by atoms with Gasteiger partial charge in [-0.3, -0.25) is 4.98 Å². The molecule has 6 nitrogen and oxygen atoms in total. The lowest BCUT2D eigenvalue weighted by atomic mass is 10.2. The van der Waals surface area contributed by atoms with E-state index in [-0.39, 0.29) is 6.54 Å². The molecule has 1 saturated heterocycles. The Morgan fingerprint density at radius 3 is 2.81 bits per heavy atom. The van der Waals surface area contributed by atoms with Gasteiger partial charge in [-0.25, -0.2) is 0 Å². The standard InChI is InChI=1S/C14H17N3O3S/c18-21(19,17-5-1-2-6-17)16-10-12-8-13(11-15-9-12)14-4-3-7-20-14/h3-4,7-9,11,16H,1-2,5-6,10H2. The molecule has 2 aromatic heterocycles. The van der Waals surface area contributed by atoms with E-state index in [0.29, 0.717) is 18.8 Å². The number of rotatable bonds is 5. The summed E-state index contributed by atoms with van der Waals surface area (Å²) in [7, 11) is -3.39. The minimum absolute atomic E-state index is 0.223. The van der Waals surface area contributed by atoms with E-state index in [2.05, 4.69) is 9.71 Å². The minimum Gasteiger partial charge on any atom is -0.464 e. The molecule has 1 fully saturated rings. The van der Waals surface area contributed by atoms with Crippen LogP contribution in [-0.4, -0.2) is 30.8 Å². The molecule has 0 radical (unpaired) electrons. The van der Waals surface area contributed by atoms with Crippen molar-refractivity contribution in [2.24, 2.45) is 0 Å². The molecule has 3 heterocycles. The van der Waals surface area contributed by atoms with E-state index in [4.69, 9.17) is 4.42 Å². The van der Waals surface area contributed by atoms with Crippen molar-refractivity contribution in [2.45, 2.75) is 19.4 Å². The lowest BCUT2D eigenvalue weighted by Crippen LogP contribution is -2.38. The highest BCUT2D eigenvalue weighted by molar-refractivity contribution is 7.87. The van der Waals surface area contributed by atoms with Crippen molar-refractivity contribution < 1.29 is 12.8 Å². The molecule has 0 bridgehead atoms. The van der Waals surface area contributed by atoms with E-state index in [1.165, 1.54) is 4.31 Å². The largest absolute Gasteiger partial charge is 0.464 e. The maximum Gasteiger partial charge on any atom is 0.279 e. The second-order valence-electron chi connectivity index (χ2n) is 4.99. The van der Waals surface area contributed by atoms with Crippen molar-refractivity contribution in [1.29, 1.82) is 0 Å². The van der Waals surface area contributed by atoms with Crippen LogP contribution in [0, 0.1) is 0 Å². The molecule has 0 unspecified atom stereocenters. The van der Waals surface area contributed by atoms with Crippen LogP contribution in [0.3, 0.4) is 0 Å². The van der Waals surface area contributed by atoms with Gasteiger partial charge in [-0.2, -0.15) is 17.4 Å². The molecular formula is C14H17N3O3S. The molecule has 1 aliphatic heterocycles. The van der Waals surface area contributed by atoms with Gasteiger partial charge in [0.1, 0.15) is 5.76 Å². The maximum atomic E-state index is 12.1. The third-order valence-corrected chi connectivity index (χ3v) is 5.02. The van der Waals surface area contributed by atoms with Crippen LogP contribution in [0.4, 0.5) is 0 Å². The Bertz CT molecular complexity index is 692. The predicted molar refractivity (Wildman–Crippen MR) is 78.5 cm³/mol. The normalized spacial score (nSPS) is 16.4. The van der Waals surface area contributed by atoms with Crippen molar-refractivity contribution in [3.8, 4) is 11.3 Å². The van der Waals surface area contributed by atoms with Crippen LogP contribution in [0.15, 0.2) is 41.3 Å². The van der Waals surface area contributed by atoms with Gasteiger partial charge in [-0.1, -0.05) is 0 Å². The summed E-state index contributed by atoms with van der Waals surface area (Å²) in [5, 5.41) is 0. The van der Waals surface area contributed by atoms with Gasteiger partial charge in [0.2, 0.25) is 0 Å². The fourth-order valence-corrected chi connectivity index (χ4v) is 3.63. The number of hydrogen-bond acceptors (Lipinski definition) is 4. The van der Waals surface area contributed by atoms with Gasteiger partial charge in [-0.05, 0) is 36.6 Å². The summed E-state index contributed by atoms with van der Waals surface area (Å²) in [4.78, 5) is 4.13. The van der Waals surface area contributed by atoms with E-state index in [9.17, 15) is 8.42 Å². The summed E-state index contributed by atoms with van der Waals surface area (Å²) in [5.41, 5.74) is 1.63. The number of pyridine rings is 1.